The maximum atomic E-state index is 13.3. The van der Waals surface area contributed by atoms with Crippen LogP contribution in [0.1, 0.15) is 48.0 Å². The molecule has 2 aromatic rings. The zero-order valence-corrected chi connectivity index (χ0v) is 16.8. The van der Waals surface area contributed by atoms with E-state index in [4.69, 9.17) is 16.9 Å². The van der Waals surface area contributed by atoms with Crippen LogP contribution in [0, 0.1) is 16.7 Å². The van der Waals surface area contributed by atoms with Crippen LogP contribution < -0.4 is 10.2 Å². The van der Waals surface area contributed by atoms with E-state index in [0.29, 0.717) is 29.1 Å². The first-order valence-electron chi connectivity index (χ1n) is 9.89. The molecule has 0 unspecified atom stereocenters. The fraction of sp³-hybridized carbons (Fsp3) is 0.348. The summed E-state index contributed by atoms with van der Waals surface area (Å²) < 4.78 is 0. The van der Waals surface area contributed by atoms with Crippen molar-refractivity contribution in [1.82, 2.24) is 5.32 Å². The topological polar surface area (TPSA) is 73.2 Å². The molecule has 5 nitrogen and oxygen atoms in total. The van der Waals surface area contributed by atoms with E-state index in [2.05, 4.69) is 11.4 Å². The number of benzene rings is 2. The summed E-state index contributed by atoms with van der Waals surface area (Å²) in [5, 5.41) is 12.8. The van der Waals surface area contributed by atoms with Gasteiger partial charge in [-0.05, 0) is 62.1 Å². The fourth-order valence-electron chi connectivity index (χ4n) is 4.62. The molecule has 4 rings (SSSR count). The van der Waals surface area contributed by atoms with Gasteiger partial charge < -0.3 is 10.2 Å². The highest BCUT2D eigenvalue weighted by Crippen LogP contribution is 2.46. The molecule has 6 heteroatoms. The van der Waals surface area contributed by atoms with Crippen LogP contribution in [-0.2, 0) is 4.79 Å². The van der Waals surface area contributed by atoms with Crippen LogP contribution >= 0.6 is 11.6 Å². The van der Waals surface area contributed by atoms with Gasteiger partial charge in [0.15, 0.2) is 0 Å². The van der Waals surface area contributed by atoms with Gasteiger partial charge in [-0.2, -0.15) is 5.26 Å². The average molecular weight is 408 g/mol. The molecular formula is C23H22ClN3O2. The van der Waals surface area contributed by atoms with Crippen molar-refractivity contribution in [2.24, 2.45) is 5.41 Å². The van der Waals surface area contributed by atoms with Crippen molar-refractivity contribution in [3.05, 3.63) is 64.7 Å². The van der Waals surface area contributed by atoms with Crippen molar-refractivity contribution in [3.8, 4) is 6.07 Å². The van der Waals surface area contributed by atoms with Crippen molar-refractivity contribution >= 4 is 29.1 Å². The van der Waals surface area contributed by atoms with Crippen molar-refractivity contribution in [3.63, 3.8) is 0 Å². The Balaban J connectivity index is 1.48. The molecule has 1 spiro atoms. The zero-order chi connectivity index (χ0) is 20.4. The Hall–Kier alpha value is -2.84. The number of amides is 2. The first-order valence-corrected chi connectivity index (χ1v) is 10.3. The largest absolute Gasteiger partial charge is 0.349 e. The second-order valence-corrected chi connectivity index (χ2v) is 8.36. The van der Waals surface area contributed by atoms with E-state index in [1.807, 2.05) is 6.07 Å². The number of nitriles is 1. The number of halogens is 1. The summed E-state index contributed by atoms with van der Waals surface area (Å²) in [5.41, 5.74) is 1.42. The van der Waals surface area contributed by atoms with E-state index in [1.165, 1.54) is 0 Å². The summed E-state index contributed by atoms with van der Waals surface area (Å²) >= 11 is 5.99. The lowest BCUT2D eigenvalue weighted by Gasteiger charge is -2.37. The standard InChI is InChI=1S/C23H22ClN3O2/c24-18-6-2-5-17(13-18)21(28)26-19-7-3-9-23(14-19)10-11-27(22(23)29)20-8-1-4-16(12-20)15-25/h1-2,4-6,8,12-13,19H,3,7,9-11,14H2,(H,26,28)/t19-,23-/m0/s1. The van der Waals surface area contributed by atoms with E-state index in [1.54, 1.807) is 47.4 Å². The van der Waals surface area contributed by atoms with E-state index in [0.717, 1.165) is 31.4 Å². The first kappa shape index (κ1) is 19.5. The van der Waals surface area contributed by atoms with Gasteiger partial charge in [-0.1, -0.05) is 30.2 Å². The molecule has 148 valence electrons. The summed E-state index contributed by atoms with van der Waals surface area (Å²) in [4.78, 5) is 27.7. The number of rotatable bonds is 3. The Labute approximate surface area is 175 Å². The molecule has 1 saturated heterocycles. The van der Waals surface area contributed by atoms with Crippen molar-refractivity contribution in [1.29, 1.82) is 5.26 Å². The van der Waals surface area contributed by atoms with Crippen molar-refractivity contribution < 1.29 is 9.59 Å². The lowest BCUT2D eigenvalue weighted by Crippen LogP contribution is -2.46. The molecule has 29 heavy (non-hydrogen) atoms. The number of hydrogen-bond donors (Lipinski definition) is 1. The molecular weight excluding hydrogens is 386 g/mol. The number of anilines is 1. The smallest absolute Gasteiger partial charge is 0.251 e. The van der Waals surface area contributed by atoms with Gasteiger partial charge in [0.1, 0.15) is 0 Å². The molecule has 0 radical (unpaired) electrons. The second-order valence-electron chi connectivity index (χ2n) is 7.93. The van der Waals surface area contributed by atoms with Gasteiger partial charge >= 0.3 is 0 Å². The molecule has 2 aliphatic rings. The molecule has 2 amide bonds. The van der Waals surface area contributed by atoms with Gasteiger partial charge in [-0.25, -0.2) is 0 Å². The Morgan fingerprint density at radius 2 is 2.03 bits per heavy atom. The van der Waals surface area contributed by atoms with Crippen LogP contribution in [0.2, 0.25) is 5.02 Å². The molecule has 0 aromatic heterocycles. The first-order chi connectivity index (χ1) is 14.0. The summed E-state index contributed by atoms with van der Waals surface area (Å²) in [5.74, 6) is -0.0483. The van der Waals surface area contributed by atoms with Crippen molar-refractivity contribution in [2.45, 2.75) is 38.1 Å². The van der Waals surface area contributed by atoms with Gasteiger partial charge in [0.2, 0.25) is 5.91 Å². The SMILES string of the molecule is N#Cc1cccc(N2CC[C@]3(CCC[C@H](NC(=O)c4cccc(Cl)c4)C3)C2=O)c1. The highest BCUT2D eigenvalue weighted by atomic mass is 35.5. The fourth-order valence-corrected chi connectivity index (χ4v) is 4.81. The minimum atomic E-state index is -0.437. The predicted octanol–water partition coefficient (Wildman–Crippen LogP) is 4.31. The Morgan fingerprint density at radius 3 is 2.83 bits per heavy atom. The van der Waals surface area contributed by atoms with Gasteiger partial charge in [-0.15, -0.1) is 0 Å². The Morgan fingerprint density at radius 1 is 1.21 bits per heavy atom. The normalized spacial score (nSPS) is 23.8. The lowest BCUT2D eigenvalue weighted by molar-refractivity contribution is -0.127. The number of carbonyl (C=O) groups excluding carboxylic acids is 2. The Bertz CT molecular complexity index is 1000. The third kappa shape index (κ3) is 3.86. The molecule has 1 saturated carbocycles. The molecule has 1 N–H and O–H groups in total. The van der Waals surface area contributed by atoms with Crippen LogP contribution in [0.4, 0.5) is 5.69 Å². The summed E-state index contributed by atoms with van der Waals surface area (Å²) in [7, 11) is 0. The van der Waals surface area contributed by atoms with E-state index >= 15 is 0 Å². The van der Waals surface area contributed by atoms with Gasteiger partial charge in [0.05, 0.1) is 17.0 Å². The molecule has 1 aliphatic heterocycles. The molecule has 2 aromatic carbocycles. The Kier molecular flexibility index (Phi) is 5.29. The molecule has 1 aliphatic carbocycles. The third-order valence-corrected chi connectivity index (χ3v) is 6.30. The minimum Gasteiger partial charge on any atom is -0.349 e. The number of nitrogens with zero attached hydrogens (tertiary/aromatic N) is 2. The van der Waals surface area contributed by atoms with Crippen LogP contribution in [0.25, 0.3) is 0 Å². The van der Waals surface area contributed by atoms with Gasteiger partial charge in [0, 0.05) is 28.9 Å². The van der Waals surface area contributed by atoms with Crippen LogP contribution in [0.5, 0.6) is 0 Å². The van der Waals surface area contributed by atoms with Crippen molar-refractivity contribution in [2.75, 3.05) is 11.4 Å². The van der Waals surface area contributed by atoms with Gasteiger partial charge in [0.25, 0.3) is 5.91 Å². The van der Waals surface area contributed by atoms with E-state index in [-0.39, 0.29) is 17.9 Å². The molecule has 2 atom stereocenters. The summed E-state index contributed by atoms with van der Waals surface area (Å²) in [6, 6.07) is 16.2. The highest BCUT2D eigenvalue weighted by molar-refractivity contribution is 6.30. The lowest BCUT2D eigenvalue weighted by atomic mass is 9.71. The number of nitrogens with one attached hydrogen (secondary N) is 1. The van der Waals surface area contributed by atoms with Crippen LogP contribution in [0.15, 0.2) is 48.5 Å². The maximum absolute atomic E-state index is 13.3. The predicted molar refractivity (Wildman–Crippen MR) is 112 cm³/mol. The number of hydrogen-bond acceptors (Lipinski definition) is 3. The summed E-state index contributed by atoms with van der Waals surface area (Å²) in [6.45, 7) is 0.642. The monoisotopic (exact) mass is 407 g/mol. The quantitative estimate of drug-likeness (QED) is 0.823. The van der Waals surface area contributed by atoms with Gasteiger partial charge in [-0.3, -0.25) is 9.59 Å². The maximum Gasteiger partial charge on any atom is 0.251 e. The zero-order valence-electron chi connectivity index (χ0n) is 16.0. The molecule has 1 heterocycles. The van der Waals surface area contributed by atoms with E-state index in [9.17, 15) is 9.59 Å². The van der Waals surface area contributed by atoms with E-state index < -0.39 is 5.41 Å². The third-order valence-electron chi connectivity index (χ3n) is 6.07. The average Bonchev–Trinajstić information content (AvgIpc) is 3.03. The second kappa shape index (κ2) is 7.88. The number of carbonyl (C=O) groups is 2. The molecule has 0 bridgehead atoms. The molecule has 2 fully saturated rings. The minimum absolute atomic E-state index is 0.0374. The van der Waals surface area contributed by atoms with Crippen LogP contribution in [-0.4, -0.2) is 24.4 Å². The highest BCUT2D eigenvalue weighted by Gasteiger charge is 2.49. The van der Waals surface area contributed by atoms with Crippen LogP contribution in [0.3, 0.4) is 0 Å². The summed E-state index contributed by atoms with van der Waals surface area (Å²) in [6.07, 6.45) is 4.02.